The van der Waals surface area contributed by atoms with Crippen LogP contribution in [-0.2, 0) is 4.74 Å². The Morgan fingerprint density at radius 2 is 1.89 bits per heavy atom. The number of aryl methyl sites for hydroxylation is 3. The van der Waals surface area contributed by atoms with Crippen molar-refractivity contribution < 1.29 is 4.74 Å². The van der Waals surface area contributed by atoms with Crippen LogP contribution < -0.4 is 5.32 Å². The van der Waals surface area contributed by atoms with Crippen LogP contribution in [0, 0.1) is 20.8 Å². The minimum Gasteiger partial charge on any atom is -0.374 e. The van der Waals surface area contributed by atoms with Gasteiger partial charge >= 0.3 is 0 Å². The van der Waals surface area contributed by atoms with Crippen molar-refractivity contribution in [3.05, 3.63) is 34.4 Å². The normalized spacial score (nSPS) is 24.7. The van der Waals surface area contributed by atoms with Crippen molar-refractivity contribution in [2.24, 2.45) is 0 Å². The molecule has 1 fully saturated rings. The smallest absolute Gasteiger partial charge is 0.0896 e. The van der Waals surface area contributed by atoms with Crippen LogP contribution >= 0.6 is 0 Å². The molecule has 1 saturated heterocycles. The van der Waals surface area contributed by atoms with Gasteiger partial charge in [-0.05, 0) is 51.6 Å². The Morgan fingerprint density at radius 1 is 1.26 bits per heavy atom. The van der Waals surface area contributed by atoms with Gasteiger partial charge in [-0.25, -0.2) is 0 Å². The molecule has 2 atom stereocenters. The number of hydrogen-bond acceptors (Lipinski definition) is 3. The molecule has 0 spiro atoms. The van der Waals surface area contributed by atoms with Gasteiger partial charge in [0.15, 0.2) is 0 Å². The van der Waals surface area contributed by atoms with Gasteiger partial charge in [0.25, 0.3) is 0 Å². The molecule has 0 bridgehead atoms. The SMILES string of the molecule is CNCC1OCCN(C)C1c1c(C)cc(C)cc1C. The summed E-state index contributed by atoms with van der Waals surface area (Å²) in [6.45, 7) is 9.31. The second kappa shape index (κ2) is 6.04. The second-order valence-corrected chi connectivity index (χ2v) is 5.70. The van der Waals surface area contributed by atoms with Gasteiger partial charge in [-0.15, -0.1) is 0 Å². The molecule has 0 aliphatic carbocycles. The quantitative estimate of drug-likeness (QED) is 0.904. The summed E-state index contributed by atoms with van der Waals surface area (Å²) in [7, 11) is 4.19. The van der Waals surface area contributed by atoms with E-state index in [2.05, 4.69) is 50.2 Å². The first-order valence-corrected chi connectivity index (χ1v) is 7.08. The lowest BCUT2D eigenvalue weighted by Gasteiger charge is -2.40. The number of rotatable bonds is 3. The molecule has 0 aromatic heterocycles. The van der Waals surface area contributed by atoms with Gasteiger partial charge in [0.2, 0.25) is 0 Å². The molecule has 3 heteroatoms. The first-order valence-electron chi connectivity index (χ1n) is 7.08. The molecule has 0 amide bonds. The fourth-order valence-electron chi connectivity index (χ4n) is 3.30. The summed E-state index contributed by atoms with van der Waals surface area (Å²) in [4.78, 5) is 2.43. The molecule has 2 rings (SSSR count). The molecule has 1 aromatic carbocycles. The Labute approximate surface area is 116 Å². The molecule has 1 aliphatic heterocycles. The molecule has 0 saturated carbocycles. The van der Waals surface area contributed by atoms with E-state index in [-0.39, 0.29) is 6.10 Å². The minimum atomic E-state index is 0.226. The van der Waals surface area contributed by atoms with Crippen molar-refractivity contribution >= 4 is 0 Å². The maximum atomic E-state index is 5.99. The van der Waals surface area contributed by atoms with Crippen LogP contribution in [0.15, 0.2) is 12.1 Å². The first kappa shape index (κ1) is 14.5. The lowest BCUT2D eigenvalue weighted by atomic mass is 9.89. The highest BCUT2D eigenvalue weighted by atomic mass is 16.5. The van der Waals surface area contributed by atoms with E-state index in [0.29, 0.717) is 6.04 Å². The van der Waals surface area contributed by atoms with Gasteiger partial charge in [-0.1, -0.05) is 17.7 Å². The summed E-state index contributed by atoms with van der Waals surface area (Å²) in [6.07, 6.45) is 0.226. The molecule has 1 aliphatic rings. The largest absolute Gasteiger partial charge is 0.374 e. The summed E-state index contributed by atoms with van der Waals surface area (Å²) in [5.41, 5.74) is 5.53. The maximum absolute atomic E-state index is 5.99. The van der Waals surface area contributed by atoms with Crippen LogP contribution in [-0.4, -0.2) is 44.8 Å². The van der Waals surface area contributed by atoms with Gasteiger partial charge in [0, 0.05) is 13.1 Å². The Balaban J connectivity index is 2.41. The number of morpholine rings is 1. The number of nitrogens with zero attached hydrogens (tertiary/aromatic N) is 1. The van der Waals surface area contributed by atoms with Crippen LogP contribution in [0.25, 0.3) is 0 Å². The molecular weight excluding hydrogens is 236 g/mol. The van der Waals surface area contributed by atoms with Crippen LogP contribution in [0.1, 0.15) is 28.3 Å². The van der Waals surface area contributed by atoms with Gasteiger partial charge < -0.3 is 10.1 Å². The highest BCUT2D eigenvalue weighted by Crippen LogP contribution is 2.33. The number of hydrogen-bond donors (Lipinski definition) is 1. The predicted octanol–water partition coefficient (Wildman–Crippen LogP) is 2.20. The summed E-state index contributed by atoms with van der Waals surface area (Å²) >= 11 is 0. The molecule has 106 valence electrons. The molecule has 1 aromatic rings. The highest BCUT2D eigenvalue weighted by Gasteiger charge is 2.32. The van der Waals surface area contributed by atoms with E-state index < -0.39 is 0 Å². The zero-order chi connectivity index (χ0) is 14.0. The number of ether oxygens (including phenoxy) is 1. The summed E-state index contributed by atoms with van der Waals surface area (Å²) in [5, 5.41) is 3.26. The zero-order valence-electron chi connectivity index (χ0n) is 12.8. The van der Waals surface area contributed by atoms with Crippen LogP contribution in [0.2, 0.25) is 0 Å². The van der Waals surface area contributed by atoms with Crippen molar-refractivity contribution in [3.8, 4) is 0 Å². The Morgan fingerprint density at radius 3 is 2.47 bits per heavy atom. The van der Waals surface area contributed by atoms with Gasteiger partial charge in [-0.2, -0.15) is 0 Å². The molecule has 19 heavy (non-hydrogen) atoms. The van der Waals surface area contributed by atoms with E-state index in [4.69, 9.17) is 4.74 Å². The fourth-order valence-corrected chi connectivity index (χ4v) is 3.30. The Hall–Kier alpha value is -0.900. The molecular formula is C16H26N2O. The van der Waals surface area contributed by atoms with Gasteiger partial charge in [0.1, 0.15) is 0 Å². The maximum Gasteiger partial charge on any atom is 0.0896 e. The lowest BCUT2D eigenvalue weighted by Crippen LogP contribution is -2.47. The van der Waals surface area contributed by atoms with Crippen molar-refractivity contribution in [2.75, 3.05) is 33.8 Å². The van der Waals surface area contributed by atoms with Crippen LogP contribution in [0.5, 0.6) is 0 Å². The lowest BCUT2D eigenvalue weighted by molar-refractivity contribution is -0.0610. The highest BCUT2D eigenvalue weighted by molar-refractivity contribution is 5.40. The molecule has 1 N–H and O–H groups in total. The Bertz CT molecular complexity index is 419. The van der Waals surface area contributed by atoms with E-state index in [1.165, 1.54) is 22.3 Å². The summed E-state index contributed by atoms with van der Waals surface area (Å²) < 4.78 is 5.99. The van der Waals surface area contributed by atoms with Crippen LogP contribution in [0.3, 0.4) is 0 Å². The van der Waals surface area contributed by atoms with E-state index in [1.54, 1.807) is 0 Å². The van der Waals surface area contributed by atoms with E-state index in [1.807, 2.05) is 7.05 Å². The van der Waals surface area contributed by atoms with E-state index >= 15 is 0 Å². The predicted molar refractivity (Wildman–Crippen MR) is 79.7 cm³/mol. The van der Waals surface area contributed by atoms with Crippen LogP contribution in [0.4, 0.5) is 0 Å². The van der Waals surface area contributed by atoms with Crippen molar-refractivity contribution in [1.82, 2.24) is 10.2 Å². The zero-order valence-corrected chi connectivity index (χ0v) is 12.8. The molecule has 2 unspecified atom stereocenters. The third-order valence-corrected chi connectivity index (χ3v) is 4.04. The van der Waals surface area contributed by atoms with E-state index in [0.717, 1.165) is 19.7 Å². The molecule has 1 heterocycles. The Kier molecular flexibility index (Phi) is 4.61. The van der Waals surface area contributed by atoms with Crippen molar-refractivity contribution in [2.45, 2.75) is 32.9 Å². The molecule has 0 radical (unpaired) electrons. The number of benzene rings is 1. The number of likely N-dealkylation sites (N-methyl/N-ethyl adjacent to an activating group) is 2. The van der Waals surface area contributed by atoms with Gasteiger partial charge in [0.05, 0.1) is 18.8 Å². The average molecular weight is 262 g/mol. The molecule has 3 nitrogen and oxygen atoms in total. The third-order valence-electron chi connectivity index (χ3n) is 4.04. The first-order chi connectivity index (χ1) is 9.04. The van der Waals surface area contributed by atoms with Crippen molar-refractivity contribution in [1.29, 1.82) is 0 Å². The van der Waals surface area contributed by atoms with E-state index in [9.17, 15) is 0 Å². The average Bonchev–Trinajstić information content (AvgIpc) is 2.31. The third kappa shape index (κ3) is 2.99. The minimum absolute atomic E-state index is 0.226. The summed E-state index contributed by atoms with van der Waals surface area (Å²) in [5.74, 6) is 0. The van der Waals surface area contributed by atoms with Gasteiger partial charge in [-0.3, -0.25) is 4.90 Å². The van der Waals surface area contributed by atoms with Crippen molar-refractivity contribution in [3.63, 3.8) is 0 Å². The summed E-state index contributed by atoms with van der Waals surface area (Å²) in [6, 6.07) is 4.91. The monoisotopic (exact) mass is 262 g/mol. The fraction of sp³-hybridized carbons (Fsp3) is 0.625. The second-order valence-electron chi connectivity index (χ2n) is 5.70. The standard InChI is InChI=1S/C16H26N2O/c1-11-8-12(2)15(13(3)9-11)16-14(10-17-4)19-7-6-18(16)5/h8-9,14,16-17H,6-7,10H2,1-5H3. The number of nitrogens with one attached hydrogen (secondary N) is 1. The topological polar surface area (TPSA) is 24.5 Å².